The highest BCUT2D eigenvalue weighted by Crippen LogP contribution is 2.19. The second kappa shape index (κ2) is 8.10. The van der Waals surface area contributed by atoms with Gasteiger partial charge < -0.3 is 4.57 Å². The molecule has 7 nitrogen and oxygen atoms in total. The van der Waals surface area contributed by atoms with Crippen LogP contribution in [-0.2, 0) is 17.8 Å². The second-order valence-corrected chi connectivity index (χ2v) is 6.83. The number of aromatic nitrogens is 6. The van der Waals surface area contributed by atoms with E-state index >= 15 is 0 Å². The topological polar surface area (TPSA) is 86.5 Å². The number of carbonyl (C=O) groups is 1. The summed E-state index contributed by atoms with van der Waals surface area (Å²) in [7, 11) is 0. The second-order valence-electron chi connectivity index (χ2n) is 6.83. The number of nitrogens with zero attached hydrogens (tertiary/aromatic N) is 6. The van der Waals surface area contributed by atoms with Crippen LogP contribution < -0.4 is 0 Å². The molecule has 4 heterocycles. The zero-order chi connectivity index (χ0) is 20.2. The van der Waals surface area contributed by atoms with Gasteiger partial charge in [-0.1, -0.05) is 0 Å². The van der Waals surface area contributed by atoms with Gasteiger partial charge in [0.25, 0.3) is 0 Å². The summed E-state index contributed by atoms with van der Waals surface area (Å²) in [6.45, 7) is 4.11. The Hall–Kier alpha value is -3.74. The van der Waals surface area contributed by atoms with Crippen molar-refractivity contribution in [3.8, 4) is 22.5 Å². The van der Waals surface area contributed by atoms with Gasteiger partial charge in [0.05, 0.1) is 30.6 Å². The molecule has 29 heavy (non-hydrogen) atoms. The Kier molecular flexibility index (Phi) is 5.20. The van der Waals surface area contributed by atoms with Crippen LogP contribution in [0.3, 0.4) is 0 Å². The van der Waals surface area contributed by atoms with Crippen molar-refractivity contribution in [3.05, 3.63) is 78.7 Å². The van der Waals surface area contributed by atoms with E-state index in [9.17, 15) is 4.79 Å². The molecule has 0 aliphatic heterocycles. The van der Waals surface area contributed by atoms with E-state index in [-0.39, 0.29) is 18.7 Å². The fraction of sp³-hybridized carbons (Fsp3) is 0.182. The molecule has 0 fully saturated rings. The number of hydrogen-bond acceptors (Lipinski definition) is 6. The van der Waals surface area contributed by atoms with Crippen molar-refractivity contribution in [2.75, 3.05) is 0 Å². The summed E-state index contributed by atoms with van der Waals surface area (Å²) in [4.78, 5) is 34.1. The predicted octanol–water partition coefficient (Wildman–Crippen LogP) is 3.23. The molecule has 0 unspecified atom stereocenters. The van der Waals surface area contributed by atoms with E-state index in [4.69, 9.17) is 0 Å². The molecule has 0 saturated carbocycles. The summed E-state index contributed by atoms with van der Waals surface area (Å²) in [5.74, 6) is 0.872. The monoisotopic (exact) mass is 384 g/mol. The van der Waals surface area contributed by atoms with Crippen LogP contribution in [0.2, 0.25) is 0 Å². The minimum Gasteiger partial charge on any atom is -0.327 e. The molecular weight excluding hydrogens is 364 g/mol. The Morgan fingerprint density at radius 2 is 1.83 bits per heavy atom. The van der Waals surface area contributed by atoms with Gasteiger partial charge >= 0.3 is 0 Å². The van der Waals surface area contributed by atoms with Gasteiger partial charge in [0, 0.05) is 53.5 Å². The van der Waals surface area contributed by atoms with Crippen LogP contribution in [0.25, 0.3) is 22.5 Å². The van der Waals surface area contributed by atoms with Gasteiger partial charge in [-0.3, -0.25) is 24.7 Å². The average molecular weight is 384 g/mol. The quantitative estimate of drug-likeness (QED) is 0.507. The smallest absolute Gasteiger partial charge is 0.158 e. The fourth-order valence-corrected chi connectivity index (χ4v) is 3.09. The molecule has 144 valence electrons. The standard InChI is InChI=1S/C22H20N6O/c1-15-9-17(5-6-24-15)22-14-28(16(2)27-22)13-20(29)10-19-4-3-18(11-26-19)21-12-23-7-8-25-21/h3-9,11-12,14H,10,13H2,1-2H3. The molecule has 4 aromatic heterocycles. The first-order valence-electron chi connectivity index (χ1n) is 9.28. The van der Waals surface area contributed by atoms with Crippen LogP contribution in [0.4, 0.5) is 0 Å². The van der Waals surface area contributed by atoms with E-state index in [1.807, 2.05) is 48.9 Å². The largest absolute Gasteiger partial charge is 0.327 e. The maximum absolute atomic E-state index is 12.6. The van der Waals surface area contributed by atoms with Crippen LogP contribution in [0.5, 0.6) is 0 Å². The van der Waals surface area contributed by atoms with Crippen LogP contribution in [0, 0.1) is 13.8 Å². The Morgan fingerprint density at radius 3 is 2.55 bits per heavy atom. The molecule has 0 radical (unpaired) electrons. The number of ketones is 1. The molecule has 0 aromatic carbocycles. The van der Waals surface area contributed by atoms with E-state index < -0.39 is 0 Å². The SMILES string of the molecule is Cc1cc(-c2cn(CC(=O)Cc3ccc(-c4cnccn4)cn3)c(C)n2)ccn1. The Morgan fingerprint density at radius 1 is 0.931 bits per heavy atom. The molecule has 0 bridgehead atoms. The van der Waals surface area contributed by atoms with Crippen LogP contribution >= 0.6 is 0 Å². The van der Waals surface area contributed by atoms with E-state index in [1.54, 1.807) is 31.0 Å². The van der Waals surface area contributed by atoms with Gasteiger partial charge in [0.2, 0.25) is 0 Å². The van der Waals surface area contributed by atoms with E-state index in [0.29, 0.717) is 0 Å². The lowest BCUT2D eigenvalue weighted by Gasteiger charge is -2.05. The third-order valence-corrected chi connectivity index (χ3v) is 4.58. The zero-order valence-electron chi connectivity index (χ0n) is 16.3. The zero-order valence-corrected chi connectivity index (χ0v) is 16.3. The van der Waals surface area contributed by atoms with Gasteiger partial charge in [0.1, 0.15) is 5.82 Å². The van der Waals surface area contributed by atoms with Crippen molar-refractivity contribution in [2.24, 2.45) is 0 Å². The summed E-state index contributed by atoms with van der Waals surface area (Å²) in [5, 5.41) is 0. The number of carbonyl (C=O) groups excluding carboxylic acids is 1. The highest BCUT2D eigenvalue weighted by molar-refractivity contribution is 5.80. The summed E-state index contributed by atoms with van der Waals surface area (Å²) in [5.41, 5.74) is 5.12. The molecule has 0 saturated heterocycles. The van der Waals surface area contributed by atoms with Crippen molar-refractivity contribution in [1.29, 1.82) is 0 Å². The Balaban J connectivity index is 1.44. The lowest BCUT2D eigenvalue weighted by atomic mass is 10.1. The molecule has 7 heteroatoms. The molecule has 0 N–H and O–H groups in total. The van der Waals surface area contributed by atoms with Gasteiger partial charge in [0.15, 0.2) is 5.78 Å². The van der Waals surface area contributed by atoms with Gasteiger partial charge in [-0.15, -0.1) is 0 Å². The third kappa shape index (κ3) is 4.40. The molecule has 0 amide bonds. The number of imidazole rings is 1. The number of aryl methyl sites for hydroxylation is 2. The number of rotatable bonds is 6. The summed E-state index contributed by atoms with van der Waals surface area (Å²) >= 11 is 0. The molecular formula is C22H20N6O. The maximum Gasteiger partial charge on any atom is 0.158 e. The van der Waals surface area contributed by atoms with Gasteiger partial charge in [-0.2, -0.15) is 0 Å². The minimum atomic E-state index is 0.0720. The van der Waals surface area contributed by atoms with Crippen LogP contribution in [-0.4, -0.2) is 35.3 Å². The fourth-order valence-electron chi connectivity index (χ4n) is 3.09. The van der Waals surface area contributed by atoms with E-state index in [2.05, 4.69) is 24.9 Å². The van der Waals surface area contributed by atoms with E-state index in [1.165, 1.54) is 0 Å². The van der Waals surface area contributed by atoms with Crippen LogP contribution in [0.15, 0.2) is 61.4 Å². The van der Waals surface area contributed by atoms with Gasteiger partial charge in [-0.25, -0.2) is 4.98 Å². The number of Topliss-reactive ketones (excluding diaryl/α,β-unsaturated/α-hetero) is 1. The first-order chi connectivity index (χ1) is 14.1. The lowest BCUT2D eigenvalue weighted by molar-refractivity contribution is -0.119. The van der Waals surface area contributed by atoms with Crippen molar-refractivity contribution in [1.82, 2.24) is 29.5 Å². The van der Waals surface area contributed by atoms with Crippen molar-refractivity contribution in [2.45, 2.75) is 26.8 Å². The highest BCUT2D eigenvalue weighted by Gasteiger charge is 2.12. The van der Waals surface area contributed by atoms with Crippen molar-refractivity contribution < 1.29 is 4.79 Å². The summed E-state index contributed by atoms with van der Waals surface area (Å²) in [6.07, 6.45) is 10.6. The first kappa shape index (κ1) is 18.6. The van der Waals surface area contributed by atoms with Crippen LogP contribution in [0.1, 0.15) is 17.2 Å². The van der Waals surface area contributed by atoms with Crippen molar-refractivity contribution in [3.63, 3.8) is 0 Å². The molecule has 0 aliphatic carbocycles. The normalized spacial score (nSPS) is 10.8. The Bertz CT molecular complexity index is 1140. The molecule has 4 rings (SSSR count). The minimum absolute atomic E-state index is 0.0720. The highest BCUT2D eigenvalue weighted by atomic mass is 16.1. The first-order valence-corrected chi connectivity index (χ1v) is 9.28. The number of hydrogen-bond donors (Lipinski definition) is 0. The molecule has 0 atom stereocenters. The third-order valence-electron chi connectivity index (χ3n) is 4.58. The Labute approximate surface area is 168 Å². The maximum atomic E-state index is 12.6. The van der Waals surface area contributed by atoms with Gasteiger partial charge in [-0.05, 0) is 38.1 Å². The number of pyridine rings is 2. The predicted molar refractivity (Wildman–Crippen MR) is 109 cm³/mol. The van der Waals surface area contributed by atoms with Crippen molar-refractivity contribution >= 4 is 5.78 Å². The molecule has 4 aromatic rings. The summed E-state index contributed by atoms with van der Waals surface area (Å²) in [6, 6.07) is 7.67. The summed E-state index contributed by atoms with van der Waals surface area (Å²) < 4.78 is 1.88. The van der Waals surface area contributed by atoms with E-state index in [0.717, 1.165) is 39.7 Å². The molecule has 0 aliphatic rings. The molecule has 0 spiro atoms. The lowest BCUT2D eigenvalue weighted by Crippen LogP contribution is -2.13. The average Bonchev–Trinajstić information content (AvgIpc) is 3.09.